The van der Waals surface area contributed by atoms with E-state index in [0.717, 1.165) is 0 Å². The molecule has 0 aromatic carbocycles. The summed E-state index contributed by atoms with van der Waals surface area (Å²) in [5, 5.41) is 55.7. The number of hydrogen-bond donors (Lipinski definition) is 7. The first kappa shape index (κ1) is 26.6. The van der Waals surface area contributed by atoms with Crippen molar-refractivity contribution >= 4 is 11.8 Å². The van der Waals surface area contributed by atoms with Crippen LogP contribution in [-0.2, 0) is 28.5 Å². The molecule has 2 saturated heterocycles. The maximum Gasteiger partial charge on any atom is 0.217 e. The number of aliphatic hydroxyl groups is 5. The Bertz CT molecular complexity index is 651. The lowest BCUT2D eigenvalue weighted by Gasteiger charge is -2.48. The molecule has 184 valence electrons. The molecule has 0 spiro atoms. The second-order valence-corrected chi connectivity index (χ2v) is 7.60. The molecule has 2 amide bonds. The maximum absolute atomic E-state index is 11.7. The SMILES string of the molecule is C=CCO[C@@H]1O[C@H](CO)[C@@H](O[C@@H]2O[C@H](CO)[C@@H](O)[C@H](O)[C@H]2NC(C)=O)[C@H](O)[C@H]1NC(C)=O. The molecule has 0 bridgehead atoms. The van der Waals surface area contributed by atoms with Gasteiger partial charge in [0.2, 0.25) is 11.8 Å². The van der Waals surface area contributed by atoms with Gasteiger partial charge in [0.25, 0.3) is 0 Å². The summed E-state index contributed by atoms with van der Waals surface area (Å²) in [6.45, 7) is 4.69. The molecule has 32 heavy (non-hydrogen) atoms. The Morgan fingerprint density at radius 1 is 0.906 bits per heavy atom. The zero-order valence-electron chi connectivity index (χ0n) is 17.9. The predicted octanol–water partition coefficient (Wildman–Crippen LogP) is -3.90. The fraction of sp³-hybridized carbons (Fsp3) is 0.789. The van der Waals surface area contributed by atoms with E-state index in [4.69, 9.17) is 18.9 Å². The first-order valence-corrected chi connectivity index (χ1v) is 10.1. The third-order valence-electron chi connectivity index (χ3n) is 5.14. The number of nitrogens with one attached hydrogen (secondary N) is 2. The molecule has 7 N–H and O–H groups in total. The van der Waals surface area contributed by atoms with Gasteiger partial charge in [-0.2, -0.15) is 0 Å². The summed E-state index contributed by atoms with van der Waals surface area (Å²) in [6.07, 6.45) is -9.43. The molecule has 0 aromatic heterocycles. The molecule has 2 aliphatic rings. The van der Waals surface area contributed by atoms with E-state index in [1.165, 1.54) is 19.9 Å². The number of ether oxygens (including phenoxy) is 4. The topological polar surface area (TPSA) is 196 Å². The van der Waals surface area contributed by atoms with Gasteiger partial charge in [-0.05, 0) is 0 Å². The molecule has 0 radical (unpaired) electrons. The van der Waals surface area contributed by atoms with Crippen LogP contribution in [0.25, 0.3) is 0 Å². The Morgan fingerprint density at radius 3 is 1.94 bits per heavy atom. The number of aliphatic hydroxyl groups excluding tert-OH is 5. The second kappa shape index (κ2) is 12.0. The van der Waals surface area contributed by atoms with E-state index in [1.54, 1.807) is 0 Å². The zero-order chi connectivity index (χ0) is 24.0. The highest BCUT2D eigenvalue weighted by Gasteiger charge is 2.51. The van der Waals surface area contributed by atoms with E-state index >= 15 is 0 Å². The van der Waals surface area contributed by atoms with E-state index in [0.29, 0.717) is 0 Å². The summed E-state index contributed by atoms with van der Waals surface area (Å²) < 4.78 is 22.4. The Kier molecular flexibility index (Phi) is 9.94. The molecule has 0 saturated carbocycles. The van der Waals surface area contributed by atoms with E-state index < -0.39 is 86.3 Å². The van der Waals surface area contributed by atoms with Crippen LogP contribution in [0.3, 0.4) is 0 Å². The van der Waals surface area contributed by atoms with Gasteiger partial charge >= 0.3 is 0 Å². The van der Waals surface area contributed by atoms with Crippen LogP contribution in [0.4, 0.5) is 0 Å². The molecular weight excluding hydrogens is 432 g/mol. The molecule has 2 heterocycles. The Hall–Kier alpha value is -1.68. The van der Waals surface area contributed by atoms with Gasteiger partial charge in [-0.15, -0.1) is 6.58 Å². The van der Waals surface area contributed by atoms with Gasteiger partial charge in [-0.1, -0.05) is 6.08 Å². The van der Waals surface area contributed by atoms with E-state index in [9.17, 15) is 35.1 Å². The number of carbonyl (C=O) groups is 2. The van der Waals surface area contributed by atoms with Crippen LogP contribution in [0.1, 0.15) is 13.8 Å². The van der Waals surface area contributed by atoms with Crippen LogP contribution in [0.2, 0.25) is 0 Å². The summed E-state index contributed by atoms with van der Waals surface area (Å²) in [5.41, 5.74) is 0. The normalized spacial score (nSPS) is 39.8. The third-order valence-corrected chi connectivity index (χ3v) is 5.14. The maximum atomic E-state index is 11.7. The van der Waals surface area contributed by atoms with Crippen LogP contribution in [0, 0.1) is 0 Å². The molecular formula is C19H32N2O11. The van der Waals surface area contributed by atoms with E-state index in [2.05, 4.69) is 17.2 Å². The van der Waals surface area contributed by atoms with E-state index in [-0.39, 0.29) is 6.61 Å². The van der Waals surface area contributed by atoms with Crippen molar-refractivity contribution in [3.05, 3.63) is 12.7 Å². The number of carbonyl (C=O) groups excluding carboxylic acids is 2. The largest absolute Gasteiger partial charge is 0.394 e. The van der Waals surface area contributed by atoms with Gasteiger partial charge in [-0.3, -0.25) is 9.59 Å². The summed E-state index contributed by atoms with van der Waals surface area (Å²) in [7, 11) is 0. The van der Waals surface area contributed by atoms with Crippen LogP contribution in [0.5, 0.6) is 0 Å². The number of rotatable bonds is 9. The van der Waals surface area contributed by atoms with Gasteiger partial charge in [0.05, 0.1) is 19.8 Å². The molecule has 0 aromatic rings. The first-order valence-electron chi connectivity index (χ1n) is 10.1. The highest BCUT2D eigenvalue weighted by Crippen LogP contribution is 2.29. The van der Waals surface area contributed by atoms with Crippen LogP contribution < -0.4 is 10.6 Å². The van der Waals surface area contributed by atoms with Crippen molar-refractivity contribution in [2.75, 3.05) is 19.8 Å². The van der Waals surface area contributed by atoms with Gasteiger partial charge in [0.1, 0.15) is 48.7 Å². The average molecular weight is 464 g/mol. The van der Waals surface area contributed by atoms with Crippen LogP contribution >= 0.6 is 0 Å². The Morgan fingerprint density at radius 2 is 1.44 bits per heavy atom. The van der Waals surface area contributed by atoms with Crippen LogP contribution in [-0.4, -0.2) is 118 Å². The fourth-order valence-electron chi connectivity index (χ4n) is 3.67. The summed E-state index contributed by atoms with van der Waals surface area (Å²) >= 11 is 0. The van der Waals surface area contributed by atoms with Gasteiger partial charge in [0.15, 0.2) is 12.6 Å². The molecule has 10 atom stereocenters. The molecule has 0 aliphatic carbocycles. The number of hydrogen-bond acceptors (Lipinski definition) is 11. The van der Waals surface area contributed by atoms with Crippen molar-refractivity contribution in [3.63, 3.8) is 0 Å². The monoisotopic (exact) mass is 464 g/mol. The van der Waals surface area contributed by atoms with Gasteiger partial charge in [-0.25, -0.2) is 0 Å². The molecule has 13 heteroatoms. The molecule has 0 unspecified atom stereocenters. The minimum absolute atomic E-state index is 0.0374. The summed E-state index contributed by atoms with van der Waals surface area (Å²) in [5.74, 6) is -1.05. The van der Waals surface area contributed by atoms with Crippen molar-refractivity contribution in [1.82, 2.24) is 10.6 Å². The van der Waals surface area contributed by atoms with Gasteiger partial charge in [0, 0.05) is 13.8 Å². The van der Waals surface area contributed by atoms with Crippen molar-refractivity contribution in [2.45, 2.75) is 75.1 Å². The Labute approximate surface area is 184 Å². The Balaban J connectivity index is 2.29. The smallest absolute Gasteiger partial charge is 0.217 e. The minimum atomic E-state index is -1.57. The van der Waals surface area contributed by atoms with Gasteiger partial charge < -0.3 is 55.1 Å². The van der Waals surface area contributed by atoms with Crippen molar-refractivity contribution in [1.29, 1.82) is 0 Å². The number of amides is 2. The molecule has 13 nitrogen and oxygen atoms in total. The fourth-order valence-corrected chi connectivity index (χ4v) is 3.67. The third kappa shape index (κ3) is 6.21. The quantitative estimate of drug-likeness (QED) is 0.165. The lowest BCUT2D eigenvalue weighted by molar-refractivity contribution is -0.331. The zero-order valence-corrected chi connectivity index (χ0v) is 17.9. The highest BCUT2D eigenvalue weighted by molar-refractivity contribution is 5.73. The van der Waals surface area contributed by atoms with Crippen molar-refractivity contribution in [3.8, 4) is 0 Å². The standard InChI is InChI=1S/C19H32N2O11/c1-4-5-29-18-13(21-9(3)25)16(28)17(11(7-23)31-18)32-19-12(20-8(2)24)15(27)14(26)10(6-22)30-19/h4,10-19,22-23,26-28H,1,5-7H2,2-3H3,(H,20,24)(H,21,25)/t10-,11-,12-,13-,14-,15-,16-,17-,18-,19+/m1/s1. The lowest BCUT2D eigenvalue weighted by atomic mass is 9.94. The highest BCUT2D eigenvalue weighted by atomic mass is 16.7. The predicted molar refractivity (Wildman–Crippen MR) is 106 cm³/mol. The molecule has 2 rings (SSSR count). The molecule has 2 fully saturated rings. The average Bonchev–Trinajstić information content (AvgIpc) is 2.74. The van der Waals surface area contributed by atoms with Crippen molar-refractivity contribution in [2.24, 2.45) is 0 Å². The minimum Gasteiger partial charge on any atom is -0.394 e. The lowest BCUT2D eigenvalue weighted by Crippen LogP contribution is -2.69. The summed E-state index contributed by atoms with van der Waals surface area (Å²) in [4.78, 5) is 23.3. The first-order chi connectivity index (χ1) is 15.1. The van der Waals surface area contributed by atoms with Crippen molar-refractivity contribution < 1.29 is 54.1 Å². The van der Waals surface area contributed by atoms with Crippen LogP contribution in [0.15, 0.2) is 12.7 Å². The summed E-state index contributed by atoms with van der Waals surface area (Å²) in [6, 6.07) is -2.38. The second-order valence-electron chi connectivity index (χ2n) is 7.60. The van der Waals surface area contributed by atoms with E-state index in [1.807, 2.05) is 0 Å². The molecule has 2 aliphatic heterocycles.